The average Bonchev–Trinajstić information content (AvgIpc) is 2.23. The summed E-state index contributed by atoms with van der Waals surface area (Å²) in [4.78, 5) is 0. The minimum absolute atomic E-state index is 0.185. The highest BCUT2D eigenvalue weighted by Gasteiger charge is 2.10. The van der Waals surface area contributed by atoms with Gasteiger partial charge in [0.1, 0.15) is 0 Å². The molecule has 0 saturated heterocycles. The Hall–Kier alpha value is -0.820. The van der Waals surface area contributed by atoms with Gasteiger partial charge in [0, 0.05) is 12.1 Å². The van der Waals surface area contributed by atoms with E-state index in [2.05, 4.69) is 71.1 Å². The molecule has 1 N–H and O–H groups in total. The van der Waals surface area contributed by atoms with Gasteiger partial charge in [-0.3, -0.25) is 0 Å². The van der Waals surface area contributed by atoms with Gasteiger partial charge < -0.3 is 5.32 Å². The Labute approximate surface area is 113 Å². The summed E-state index contributed by atoms with van der Waals surface area (Å²) in [6, 6.07) is 9.03. The average molecular weight is 247 g/mol. The van der Waals surface area contributed by atoms with Crippen molar-refractivity contribution in [1.29, 1.82) is 0 Å². The van der Waals surface area contributed by atoms with Crippen LogP contribution in [0.4, 0.5) is 0 Å². The van der Waals surface area contributed by atoms with Crippen LogP contribution in [0.25, 0.3) is 0 Å². The van der Waals surface area contributed by atoms with Gasteiger partial charge in [-0.25, -0.2) is 0 Å². The van der Waals surface area contributed by atoms with E-state index >= 15 is 0 Å². The Morgan fingerprint density at radius 1 is 0.833 bits per heavy atom. The number of hydrogen-bond donors (Lipinski definition) is 1. The van der Waals surface area contributed by atoms with Crippen molar-refractivity contribution in [2.75, 3.05) is 0 Å². The number of benzene rings is 1. The highest BCUT2D eigenvalue weighted by molar-refractivity contribution is 5.22. The van der Waals surface area contributed by atoms with E-state index in [1.165, 1.54) is 24.0 Å². The van der Waals surface area contributed by atoms with Gasteiger partial charge in [0.05, 0.1) is 0 Å². The van der Waals surface area contributed by atoms with Crippen molar-refractivity contribution < 1.29 is 0 Å². The van der Waals surface area contributed by atoms with Crippen LogP contribution in [-0.2, 0) is 13.0 Å². The SMILES string of the molecule is CC(C)(C)CCc1ccc(CNC(C)(C)C)cc1. The quantitative estimate of drug-likeness (QED) is 0.823. The maximum Gasteiger partial charge on any atom is 0.0210 e. The van der Waals surface area contributed by atoms with Crippen LogP contribution in [0, 0.1) is 5.41 Å². The Morgan fingerprint density at radius 2 is 1.33 bits per heavy atom. The van der Waals surface area contributed by atoms with Crippen LogP contribution in [-0.4, -0.2) is 5.54 Å². The summed E-state index contributed by atoms with van der Waals surface area (Å²) in [5.41, 5.74) is 3.42. The van der Waals surface area contributed by atoms with Crippen LogP contribution in [0.1, 0.15) is 59.1 Å². The van der Waals surface area contributed by atoms with E-state index in [-0.39, 0.29) is 5.54 Å². The second kappa shape index (κ2) is 5.88. The largest absolute Gasteiger partial charge is 0.308 e. The van der Waals surface area contributed by atoms with Crippen molar-refractivity contribution in [2.45, 2.75) is 66.5 Å². The third-order valence-electron chi connectivity index (χ3n) is 3.01. The molecule has 1 heteroatoms. The van der Waals surface area contributed by atoms with Gasteiger partial charge in [-0.05, 0) is 50.2 Å². The zero-order valence-corrected chi connectivity index (χ0v) is 12.9. The highest BCUT2D eigenvalue weighted by atomic mass is 14.9. The van der Waals surface area contributed by atoms with Crippen LogP contribution in [0.3, 0.4) is 0 Å². The molecule has 0 atom stereocenters. The minimum atomic E-state index is 0.185. The number of hydrogen-bond acceptors (Lipinski definition) is 1. The van der Waals surface area contributed by atoms with E-state index in [1.807, 2.05) is 0 Å². The van der Waals surface area contributed by atoms with E-state index in [9.17, 15) is 0 Å². The lowest BCUT2D eigenvalue weighted by Gasteiger charge is -2.21. The molecule has 0 aliphatic heterocycles. The molecule has 102 valence electrons. The van der Waals surface area contributed by atoms with Crippen molar-refractivity contribution in [2.24, 2.45) is 5.41 Å². The molecule has 1 nitrogen and oxygen atoms in total. The topological polar surface area (TPSA) is 12.0 Å². The molecule has 1 aromatic carbocycles. The number of nitrogens with one attached hydrogen (secondary N) is 1. The molecule has 18 heavy (non-hydrogen) atoms. The van der Waals surface area contributed by atoms with Gasteiger partial charge in [0.15, 0.2) is 0 Å². The fourth-order valence-corrected chi connectivity index (χ4v) is 1.71. The first-order valence-corrected chi connectivity index (χ1v) is 6.99. The Bertz CT molecular complexity index is 312. The summed E-state index contributed by atoms with van der Waals surface area (Å²) < 4.78 is 0. The van der Waals surface area contributed by atoms with E-state index in [0.717, 1.165) is 6.54 Å². The number of aryl methyl sites for hydroxylation is 1. The molecule has 0 bridgehead atoms. The summed E-state index contributed by atoms with van der Waals surface area (Å²) in [5, 5.41) is 3.51. The first-order valence-electron chi connectivity index (χ1n) is 6.99. The summed E-state index contributed by atoms with van der Waals surface area (Å²) >= 11 is 0. The molecule has 0 aromatic heterocycles. The van der Waals surface area contributed by atoms with Crippen LogP contribution in [0.15, 0.2) is 24.3 Å². The van der Waals surface area contributed by atoms with Gasteiger partial charge in [0.25, 0.3) is 0 Å². The molecule has 0 aliphatic carbocycles. The Balaban J connectivity index is 2.48. The van der Waals surface area contributed by atoms with E-state index in [0.29, 0.717) is 5.41 Å². The Kier molecular flexibility index (Phi) is 4.98. The van der Waals surface area contributed by atoms with Gasteiger partial charge in [-0.1, -0.05) is 45.0 Å². The molecule has 1 aromatic rings. The molecule has 0 spiro atoms. The van der Waals surface area contributed by atoms with Gasteiger partial charge in [-0.15, -0.1) is 0 Å². The predicted octanol–water partition coefficient (Wildman–Crippen LogP) is 4.55. The molecule has 0 fully saturated rings. The Morgan fingerprint density at radius 3 is 1.78 bits per heavy atom. The van der Waals surface area contributed by atoms with E-state index < -0.39 is 0 Å². The lowest BCUT2D eigenvalue weighted by Crippen LogP contribution is -2.35. The molecular weight excluding hydrogens is 218 g/mol. The van der Waals surface area contributed by atoms with E-state index in [4.69, 9.17) is 0 Å². The van der Waals surface area contributed by atoms with Gasteiger partial charge in [0.2, 0.25) is 0 Å². The summed E-state index contributed by atoms with van der Waals surface area (Å²) in [5.74, 6) is 0. The third kappa shape index (κ3) is 6.80. The van der Waals surface area contributed by atoms with Crippen molar-refractivity contribution in [3.63, 3.8) is 0 Å². The molecule has 0 unspecified atom stereocenters. The second-order valence-corrected chi connectivity index (χ2v) is 7.48. The molecule has 0 heterocycles. The molecular formula is C17H29N. The zero-order valence-electron chi connectivity index (χ0n) is 12.9. The first kappa shape index (κ1) is 15.2. The van der Waals surface area contributed by atoms with Gasteiger partial charge >= 0.3 is 0 Å². The van der Waals surface area contributed by atoms with E-state index in [1.54, 1.807) is 0 Å². The lowest BCUT2D eigenvalue weighted by molar-refractivity contribution is 0.378. The maximum absolute atomic E-state index is 3.51. The molecule has 1 rings (SSSR count). The first-order chi connectivity index (χ1) is 8.16. The fraction of sp³-hybridized carbons (Fsp3) is 0.647. The van der Waals surface area contributed by atoms with Crippen LogP contribution < -0.4 is 5.32 Å². The number of rotatable bonds is 4. The fourth-order valence-electron chi connectivity index (χ4n) is 1.71. The summed E-state index contributed by atoms with van der Waals surface area (Å²) in [7, 11) is 0. The smallest absolute Gasteiger partial charge is 0.0210 e. The molecule has 0 aliphatic rings. The summed E-state index contributed by atoms with van der Waals surface area (Å²) in [6.07, 6.45) is 2.42. The molecule has 0 radical (unpaired) electrons. The normalized spacial score (nSPS) is 12.8. The van der Waals surface area contributed by atoms with Crippen LogP contribution >= 0.6 is 0 Å². The zero-order chi connectivity index (χ0) is 13.8. The van der Waals surface area contributed by atoms with Crippen LogP contribution in [0.2, 0.25) is 0 Å². The predicted molar refractivity (Wildman–Crippen MR) is 80.8 cm³/mol. The lowest BCUT2D eigenvalue weighted by atomic mass is 9.88. The third-order valence-corrected chi connectivity index (χ3v) is 3.01. The van der Waals surface area contributed by atoms with Crippen molar-refractivity contribution in [3.05, 3.63) is 35.4 Å². The van der Waals surface area contributed by atoms with Crippen molar-refractivity contribution in [3.8, 4) is 0 Å². The van der Waals surface area contributed by atoms with Crippen LogP contribution in [0.5, 0.6) is 0 Å². The molecule has 0 amide bonds. The highest BCUT2D eigenvalue weighted by Crippen LogP contribution is 2.21. The molecule has 0 saturated carbocycles. The van der Waals surface area contributed by atoms with Crippen molar-refractivity contribution in [1.82, 2.24) is 5.32 Å². The van der Waals surface area contributed by atoms with Gasteiger partial charge in [-0.2, -0.15) is 0 Å². The minimum Gasteiger partial charge on any atom is -0.308 e. The standard InChI is InChI=1S/C17H29N/c1-16(2,3)12-11-14-7-9-15(10-8-14)13-18-17(4,5)6/h7-10,18H,11-13H2,1-6H3. The summed E-state index contributed by atoms with van der Waals surface area (Å²) in [6.45, 7) is 14.4. The second-order valence-electron chi connectivity index (χ2n) is 7.48. The maximum atomic E-state index is 3.51. The van der Waals surface area contributed by atoms with Crippen molar-refractivity contribution >= 4 is 0 Å². The monoisotopic (exact) mass is 247 g/mol.